The van der Waals surface area contributed by atoms with Gasteiger partial charge in [0.2, 0.25) is 5.91 Å². The van der Waals surface area contributed by atoms with Crippen LogP contribution in [0.1, 0.15) is 23.8 Å². The molecule has 0 aliphatic rings. The van der Waals surface area contributed by atoms with Crippen molar-refractivity contribution in [3.05, 3.63) is 72.4 Å². The van der Waals surface area contributed by atoms with E-state index >= 15 is 0 Å². The Labute approximate surface area is 153 Å². The van der Waals surface area contributed by atoms with E-state index in [9.17, 15) is 4.79 Å². The van der Waals surface area contributed by atoms with E-state index in [1.807, 2.05) is 78.5 Å². The lowest BCUT2D eigenvalue weighted by Crippen LogP contribution is -2.34. The molecule has 0 spiro atoms. The fourth-order valence-corrected chi connectivity index (χ4v) is 2.79. The molecule has 1 N–H and O–H groups in total. The summed E-state index contributed by atoms with van der Waals surface area (Å²) < 4.78 is 7.28. The number of furan rings is 1. The highest BCUT2D eigenvalue weighted by molar-refractivity contribution is 5.76. The van der Waals surface area contributed by atoms with Gasteiger partial charge in [-0.05, 0) is 50.3 Å². The van der Waals surface area contributed by atoms with Crippen LogP contribution in [0.5, 0.6) is 0 Å². The molecule has 0 saturated heterocycles. The predicted molar refractivity (Wildman–Crippen MR) is 100 cm³/mol. The van der Waals surface area contributed by atoms with Gasteiger partial charge in [0.25, 0.3) is 0 Å². The number of hydrogen-bond acceptors (Lipinski definition) is 4. The van der Waals surface area contributed by atoms with Gasteiger partial charge in [0.05, 0.1) is 24.2 Å². The maximum atomic E-state index is 12.2. The second-order valence-corrected chi connectivity index (χ2v) is 6.43. The zero-order valence-corrected chi connectivity index (χ0v) is 15.1. The van der Waals surface area contributed by atoms with Crippen LogP contribution in [-0.4, -0.2) is 41.2 Å². The van der Waals surface area contributed by atoms with Crippen molar-refractivity contribution in [1.82, 2.24) is 20.0 Å². The van der Waals surface area contributed by atoms with Gasteiger partial charge in [0, 0.05) is 19.2 Å². The standard InChI is InChI=1S/C20H24N4O2/c1-23(2)18(19-9-6-12-26-19)14-21-20(25)11-10-16-13-22-24(15-16)17-7-4-3-5-8-17/h3-9,12-13,15,18H,10-11,14H2,1-2H3,(H,21,25). The number of para-hydroxylation sites is 1. The predicted octanol–water partition coefficient (Wildman–Crippen LogP) is 2.82. The van der Waals surface area contributed by atoms with Crippen molar-refractivity contribution in [3.63, 3.8) is 0 Å². The molecule has 3 rings (SSSR count). The van der Waals surface area contributed by atoms with E-state index in [0.717, 1.165) is 17.0 Å². The first-order chi connectivity index (χ1) is 12.6. The number of nitrogens with one attached hydrogen (secondary N) is 1. The minimum absolute atomic E-state index is 0.0229. The molecule has 1 unspecified atom stereocenters. The van der Waals surface area contributed by atoms with E-state index in [-0.39, 0.29) is 11.9 Å². The third-order valence-corrected chi connectivity index (χ3v) is 4.29. The Balaban J connectivity index is 1.49. The average Bonchev–Trinajstić information content (AvgIpc) is 3.33. The molecule has 1 amide bonds. The van der Waals surface area contributed by atoms with E-state index in [1.165, 1.54) is 0 Å². The number of hydrogen-bond donors (Lipinski definition) is 1. The van der Waals surface area contributed by atoms with E-state index in [2.05, 4.69) is 10.4 Å². The van der Waals surface area contributed by atoms with Crippen LogP contribution in [0.4, 0.5) is 0 Å². The minimum atomic E-state index is 0.0229. The Hall–Kier alpha value is -2.86. The lowest BCUT2D eigenvalue weighted by atomic mass is 10.1. The third-order valence-electron chi connectivity index (χ3n) is 4.29. The molecule has 2 aromatic heterocycles. The maximum Gasteiger partial charge on any atom is 0.220 e. The quantitative estimate of drug-likeness (QED) is 0.677. The minimum Gasteiger partial charge on any atom is -0.468 e. The van der Waals surface area contributed by atoms with Gasteiger partial charge in [-0.25, -0.2) is 4.68 Å². The smallest absolute Gasteiger partial charge is 0.220 e. The molecule has 136 valence electrons. The highest BCUT2D eigenvalue weighted by Gasteiger charge is 2.17. The normalized spacial score (nSPS) is 12.3. The zero-order valence-electron chi connectivity index (χ0n) is 15.1. The first-order valence-corrected chi connectivity index (χ1v) is 8.69. The van der Waals surface area contributed by atoms with Gasteiger partial charge < -0.3 is 9.73 Å². The molecule has 0 aliphatic heterocycles. The first kappa shape index (κ1) is 17.9. The van der Waals surface area contributed by atoms with E-state index in [1.54, 1.807) is 6.26 Å². The molecule has 0 bridgehead atoms. The Bertz CT molecular complexity index is 809. The van der Waals surface area contributed by atoms with Gasteiger partial charge in [-0.15, -0.1) is 0 Å². The second-order valence-electron chi connectivity index (χ2n) is 6.43. The fourth-order valence-electron chi connectivity index (χ4n) is 2.79. The van der Waals surface area contributed by atoms with Crippen molar-refractivity contribution in [2.75, 3.05) is 20.6 Å². The highest BCUT2D eigenvalue weighted by atomic mass is 16.3. The van der Waals surface area contributed by atoms with Crippen molar-refractivity contribution in [2.24, 2.45) is 0 Å². The number of benzene rings is 1. The third kappa shape index (κ3) is 4.61. The summed E-state index contributed by atoms with van der Waals surface area (Å²) in [4.78, 5) is 14.2. The summed E-state index contributed by atoms with van der Waals surface area (Å²) in [5.41, 5.74) is 2.05. The van der Waals surface area contributed by atoms with Crippen molar-refractivity contribution in [2.45, 2.75) is 18.9 Å². The number of likely N-dealkylation sites (N-methyl/N-ethyl adjacent to an activating group) is 1. The summed E-state index contributed by atoms with van der Waals surface area (Å²) in [6.45, 7) is 0.516. The number of amides is 1. The van der Waals surface area contributed by atoms with Gasteiger partial charge in [0.1, 0.15) is 5.76 Å². The molecular weight excluding hydrogens is 328 g/mol. The van der Waals surface area contributed by atoms with Crippen LogP contribution in [0.25, 0.3) is 5.69 Å². The summed E-state index contributed by atoms with van der Waals surface area (Å²) in [6.07, 6.45) is 6.52. The highest BCUT2D eigenvalue weighted by Crippen LogP contribution is 2.17. The number of aromatic nitrogens is 2. The maximum absolute atomic E-state index is 12.2. The summed E-state index contributed by atoms with van der Waals surface area (Å²) in [5, 5.41) is 7.35. The Kier molecular flexibility index (Phi) is 5.86. The van der Waals surface area contributed by atoms with Crippen LogP contribution in [0, 0.1) is 0 Å². The number of nitrogens with zero attached hydrogens (tertiary/aromatic N) is 3. The van der Waals surface area contributed by atoms with Gasteiger partial charge in [-0.1, -0.05) is 18.2 Å². The lowest BCUT2D eigenvalue weighted by molar-refractivity contribution is -0.121. The van der Waals surface area contributed by atoms with Gasteiger partial charge >= 0.3 is 0 Å². The molecule has 3 aromatic rings. The van der Waals surface area contributed by atoms with E-state index < -0.39 is 0 Å². The van der Waals surface area contributed by atoms with Gasteiger partial charge in [0.15, 0.2) is 0 Å². The average molecular weight is 352 g/mol. The molecular formula is C20H24N4O2. The molecule has 0 fully saturated rings. The second kappa shape index (κ2) is 8.49. The largest absolute Gasteiger partial charge is 0.468 e. The van der Waals surface area contributed by atoms with Gasteiger partial charge in [-0.2, -0.15) is 5.10 Å². The van der Waals surface area contributed by atoms with Crippen molar-refractivity contribution in [3.8, 4) is 5.69 Å². The fraction of sp³-hybridized carbons (Fsp3) is 0.300. The molecule has 26 heavy (non-hydrogen) atoms. The van der Waals surface area contributed by atoms with Crippen LogP contribution >= 0.6 is 0 Å². The van der Waals surface area contributed by atoms with Crippen molar-refractivity contribution >= 4 is 5.91 Å². The molecule has 1 atom stereocenters. The number of carbonyl (C=O) groups is 1. The zero-order chi connectivity index (χ0) is 18.4. The van der Waals surface area contributed by atoms with Crippen molar-refractivity contribution in [1.29, 1.82) is 0 Å². The van der Waals surface area contributed by atoms with E-state index in [0.29, 0.717) is 19.4 Å². The number of carbonyl (C=O) groups excluding carboxylic acids is 1. The monoisotopic (exact) mass is 352 g/mol. The van der Waals surface area contributed by atoms with E-state index in [4.69, 9.17) is 4.42 Å². The number of aryl methyl sites for hydroxylation is 1. The topological polar surface area (TPSA) is 63.3 Å². The summed E-state index contributed by atoms with van der Waals surface area (Å²) in [7, 11) is 3.94. The molecule has 6 nitrogen and oxygen atoms in total. The molecule has 6 heteroatoms. The summed E-state index contributed by atoms with van der Waals surface area (Å²) >= 11 is 0. The Morgan fingerprint density at radius 2 is 2.04 bits per heavy atom. The lowest BCUT2D eigenvalue weighted by Gasteiger charge is -2.22. The Morgan fingerprint density at radius 3 is 2.73 bits per heavy atom. The first-order valence-electron chi connectivity index (χ1n) is 8.69. The molecule has 0 aliphatic carbocycles. The van der Waals surface area contributed by atoms with Crippen LogP contribution in [0.15, 0.2) is 65.5 Å². The number of rotatable bonds is 8. The van der Waals surface area contributed by atoms with Gasteiger partial charge in [-0.3, -0.25) is 9.69 Å². The summed E-state index contributed by atoms with van der Waals surface area (Å²) in [6, 6.07) is 13.7. The van der Waals surface area contributed by atoms with Crippen LogP contribution in [-0.2, 0) is 11.2 Å². The van der Waals surface area contributed by atoms with Crippen LogP contribution in [0.3, 0.4) is 0 Å². The van der Waals surface area contributed by atoms with Crippen LogP contribution in [0.2, 0.25) is 0 Å². The molecule has 1 aromatic carbocycles. The SMILES string of the molecule is CN(C)C(CNC(=O)CCc1cnn(-c2ccccc2)c1)c1ccco1. The molecule has 0 saturated carbocycles. The molecule has 0 radical (unpaired) electrons. The summed E-state index contributed by atoms with van der Waals surface area (Å²) in [5.74, 6) is 0.871. The molecule has 2 heterocycles. The van der Waals surface area contributed by atoms with Crippen molar-refractivity contribution < 1.29 is 9.21 Å². The van der Waals surface area contributed by atoms with Crippen LogP contribution < -0.4 is 5.32 Å². The Morgan fingerprint density at radius 1 is 1.23 bits per heavy atom.